The molecule has 0 radical (unpaired) electrons. The van der Waals surface area contributed by atoms with Crippen molar-refractivity contribution in [2.75, 3.05) is 5.32 Å². The molecule has 1 aliphatic rings. The fourth-order valence-electron chi connectivity index (χ4n) is 4.30. The number of carbonyl (C=O) groups is 1. The van der Waals surface area contributed by atoms with Crippen LogP contribution >= 0.6 is 11.3 Å². The number of hydrogen-bond acceptors (Lipinski definition) is 6. The molecule has 0 aliphatic heterocycles. The second-order valence-electron chi connectivity index (χ2n) is 8.77. The van der Waals surface area contributed by atoms with Crippen LogP contribution in [-0.2, 0) is 0 Å². The molecule has 31 heavy (non-hydrogen) atoms. The molecule has 0 spiro atoms. The number of nitrogens with one attached hydrogen (secondary N) is 2. The number of hydrogen-bond donors (Lipinski definition) is 3. The van der Waals surface area contributed by atoms with Crippen molar-refractivity contribution in [2.45, 2.75) is 57.7 Å². The molecule has 1 aliphatic carbocycles. The molecule has 1 amide bonds. The van der Waals surface area contributed by atoms with Crippen molar-refractivity contribution in [2.24, 2.45) is 0 Å². The zero-order valence-electron chi connectivity index (χ0n) is 17.6. The molecule has 0 unspecified atom stereocenters. The number of fused-ring (bicyclic) bond motifs is 1. The highest BCUT2D eigenvalue weighted by molar-refractivity contribution is 7.17. The topological polar surface area (TPSA) is 120 Å². The zero-order chi connectivity index (χ0) is 22.3. The summed E-state index contributed by atoms with van der Waals surface area (Å²) in [5, 5.41) is 14.7. The minimum Gasteiger partial charge on any atom is -0.465 e. The van der Waals surface area contributed by atoms with E-state index in [0.29, 0.717) is 28.1 Å². The Kier molecular flexibility index (Phi) is 5.34. The number of pyridine rings is 1. The lowest BCUT2D eigenvalue weighted by Crippen LogP contribution is -2.50. The molecule has 10 heteroatoms. The predicted octanol–water partition coefficient (Wildman–Crippen LogP) is 3.25. The summed E-state index contributed by atoms with van der Waals surface area (Å²) in [6.07, 6.45) is 2.90. The Morgan fingerprint density at radius 2 is 2.06 bits per heavy atom. The third kappa shape index (κ3) is 4.07. The summed E-state index contributed by atoms with van der Waals surface area (Å²) >= 11 is 1.28. The Balaban J connectivity index is 1.50. The zero-order valence-corrected chi connectivity index (χ0v) is 18.4. The first-order valence-electron chi connectivity index (χ1n) is 10.1. The Bertz CT molecular complexity index is 1220. The van der Waals surface area contributed by atoms with Gasteiger partial charge in [0.05, 0.1) is 17.4 Å². The van der Waals surface area contributed by atoms with Crippen molar-refractivity contribution in [1.29, 1.82) is 0 Å². The second-order valence-corrected chi connectivity index (χ2v) is 9.68. The van der Waals surface area contributed by atoms with Gasteiger partial charge >= 0.3 is 11.8 Å². The van der Waals surface area contributed by atoms with Gasteiger partial charge in [-0.2, -0.15) is 0 Å². The molecule has 3 N–H and O–H groups in total. The van der Waals surface area contributed by atoms with Crippen molar-refractivity contribution in [3.8, 4) is 5.69 Å². The van der Waals surface area contributed by atoms with E-state index in [9.17, 15) is 19.5 Å². The number of thiophene rings is 1. The molecule has 3 aromatic heterocycles. The van der Waals surface area contributed by atoms with E-state index in [1.165, 1.54) is 22.4 Å². The van der Waals surface area contributed by atoms with Gasteiger partial charge in [-0.3, -0.25) is 4.79 Å². The quantitative estimate of drug-likeness (QED) is 0.569. The molecule has 164 valence electrons. The largest absolute Gasteiger partial charge is 0.465 e. The van der Waals surface area contributed by atoms with Crippen LogP contribution in [0, 0.1) is 0 Å². The van der Waals surface area contributed by atoms with Gasteiger partial charge in [0, 0.05) is 17.6 Å². The van der Waals surface area contributed by atoms with E-state index in [0.717, 1.165) is 17.4 Å². The van der Waals surface area contributed by atoms with Crippen LogP contribution in [0.5, 0.6) is 0 Å². The Morgan fingerprint density at radius 3 is 2.71 bits per heavy atom. The standard InChI is InChI=1S/C21H25N5O4S/c1-21(2,3)26(20(29)30)13-5-4-12(10-13)23-16-7-6-14(11-22-16)25-18(27)17-15(8-9-31-17)24-19(25)28/h6-9,11-13H,4-5,10H2,1-3H3,(H,22,23)(H,24,28)(H,29,30)/t12-,13-/m0/s1. The Morgan fingerprint density at radius 1 is 1.29 bits per heavy atom. The maximum Gasteiger partial charge on any atom is 0.407 e. The first-order valence-corrected chi connectivity index (χ1v) is 11.0. The average molecular weight is 444 g/mol. The summed E-state index contributed by atoms with van der Waals surface area (Å²) in [7, 11) is 0. The molecule has 9 nitrogen and oxygen atoms in total. The van der Waals surface area contributed by atoms with Crippen LogP contribution < -0.4 is 16.6 Å². The Labute approximate surface area is 182 Å². The van der Waals surface area contributed by atoms with Gasteiger partial charge in [0.2, 0.25) is 0 Å². The van der Waals surface area contributed by atoms with Crippen molar-refractivity contribution in [1.82, 2.24) is 19.4 Å². The number of aromatic nitrogens is 3. The minimum atomic E-state index is -0.904. The van der Waals surface area contributed by atoms with Crippen LogP contribution in [0.15, 0.2) is 39.4 Å². The molecule has 1 fully saturated rings. The number of aromatic amines is 1. The summed E-state index contributed by atoms with van der Waals surface area (Å²) in [5.41, 5.74) is -0.418. The van der Waals surface area contributed by atoms with E-state index in [-0.39, 0.29) is 17.6 Å². The van der Waals surface area contributed by atoms with E-state index in [2.05, 4.69) is 15.3 Å². The number of anilines is 1. The SMILES string of the molecule is CC(C)(C)N(C(=O)O)[C@H]1CC[C@H](Nc2ccc(-n3c(=O)[nH]c4ccsc4c3=O)cn2)C1. The highest BCUT2D eigenvalue weighted by Crippen LogP contribution is 2.31. The van der Waals surface area contributed by atoms with Gasteiger partial charge in [-0.1, -0.05) is 0 Å². The molecule has 2 atom stereocenters. The van der Waals surface area contributed by atoms with Gasteiger partial charge < -0.3 is 20.3 Å². The van der Waals surface area contributed by atoms with Gasteiger partial charge in [-0.15, -0.1) is 11.3 Å². The maximum atomic E-state index is 12.7. The van der Waals surface area contributed by atoms with Gasteiger partial charge in [-0.05, 0) is 63.6 Å². The Hall–Kier alpha value is -3.14. The number of rotatable bonds is 4. The lowest BCUT2D eigenvalue weighted by molar-refractivity contribution is 0.0718. The highest BCUT2D eigenvalue weighted by atomic mass is 32.1. The first kappa shape index (κ1) is 21.1. The van der Waals surface area contributed by atoms with Crippen LogP contribution in [0.2, 0.25) is 0 Å². The smallest absolute Gasteiger partial charge is 0.407 e. The number of carboxylic acid groups (broad SMARTS) is 1. The minimum absolute atomic E-state index is 0.0519. The second kappa shape index (κ2) is 7.84. The number of amides is 1. The lowest BCUT2D eigenvalue weighted by Gasteiger charge is -2.38. The van der Waals surface area contributed by atoms with E-state index >= 15 is 0 Å². The lowest BCUT2D eigenvalue weighted by atomic mass is 10.0. The molecular weight excluding hydrogens is 418 g/mol. The number of nitrogens with zero attached hydrogens (tertiary/aromatic N) is 3. The van der Waals surface area contributed by atoms with E-state index in [4.69, 9.17) is 0 Å². The van der Waals surface area contributed by atoms with E-state index in [1.807, 2.05) is 20.8 Å². The summed E-state index contributed by atoms with van der Waals surface area (Å²) in [6, 6.07) is 5.16. The van der Waals surface area contributed by atoms with Crippen LogP contribution in [0.4, 0.5) is 10.6 Å². The van der Waals surface area contributed by atoms with Crippen molar-refractivity contribution in [3.05, 3.63) is 50.6 Å². The van der Waals surface area contributed by atoms with Gasteiger partial charge in [0.1, 0.15) is 10.5 Å². The molecule has 0 saturated heterocycles. The van der Waals surface area contributed by atoms with Crippen molar-refractivity contribution < 1.29 is 9.90 Å². The van der Waals surface area contributed by atoms with Crippen molar-refractivity contribution >= 4 is 33.5 Å². The fraction of sp³-hybridized carbons (Fsp3) is 0.429. The van der Waals surface area contributed by atoms with Crippen molar-refractivity contribution in [3.63, 3.8) is 0 Å². The van der Waals surface area contributed by atoms with Crippen LogP contribution in [-0.4, -0.2) is 48.3 Å². The molecule has 3 heterocycles. The van der Waals surface area contributed by atoms with Crippen LogP contribution in [0.25, 0.3) is 15.9 Å². The molecule has 0 aromatic carbocycles. The molecule has 3 aromatic rings. The summed E-state index contributed by atoms with van der Waals surface area (Å²) in [4.78, 5) is 45.4. The monoisotopic (exact) mass is 443 g/mol. The predicted molar refractivity (Wildman–Crippen MR) is 121 cm³/mol. The van der Waals surface area contributed by atoms with E-state index in [1.54, 1.807) is 23.6 Å². The van der Waals surface area contributed by atoms with Gasteiger partial charge in [-0.25, -0.2) is 19.1 Å². The normalized spacial score (nSPS) is 18.9. The molecular formula is C21H25N5O4S. The fourth-order valence-corrected chi connectivity index (χ4v) is 5.08. The molecule has 4 rings (SSSR count). The maximum absolute atomic E-state index is 12.7. The number of H-pyrrole nitrogens is 1. The van der Waals surface area contributed by atoms with Crippen LogP contribution in [0.3, 0.4) is 0 Å². The third-order valence-electron chi connectivity index (χ3n) is 5.56. The van der Waals surface area contributed by atoms with Crippen LogP contribution in [0.1, 0.15) is 40.0 Å². The third-order valence-corrected chi connectivity index (χ3v) is 6.47. The summed E-state index contributed by atoms with van der Waals surface area (Å²) in [6.45, 7) is 5.71. The molecule has 0 bridgehead atoms. The summed E-state index contributed by atoms with van der Waals surface area (Å²) in [5.74, 6) is 0.619. The highest BCUT2D eigenvalue weighted by Gasteiger charge is 2.37. The van der Waals surface area contributed by atoms with Gasteiger partial charge in [0.15, 0.2) is 0 Å². The first-order chi connectivity index (χ1) is 14.6. The van der Waals surface area contributed by atoms with E-state index < -0.39 is 17.3 Å². The van der Waals surface area contributed by atoms with Gasteiger partial charge in [0.25, 0.3) is 5.56 Å². The molecule has 1 saturated carbocycles. The average Bonchev–Trinajstić information content (AvgIpc) is 3.31. The summed E-state index contributed by atoms with van der Waals surface area (Å²) < 4.78 is 1.57.